The fourth-order valence-corrected chi connectivity index (χ4v) is 1.71. The first kappa shape index (κ1) is 11.9. The summed E-state index contributed by atoms with van der Waals surface area (Å²) in [7, 11) is 0. The van der Waals surface area contributed by atoms with Crippen LogP contribution in [0, 0.1) is 0 Å². The Bertz CT molecular complexity index is 482. The average Bonchev–Trinajstić information content (AvgIpc) is 2.38. The van der Waals surface area contributed by atoms with Gasteiger partial charge in [0.25, 0.3) is 0 Å². The van der Waals surface area contributed by atoms with Gasteiger partial charge in [-0.2, -0.15) is 0 Å². The maximum Gasteiger partial charge on any atom is 0.126 e. The van der Waals surface area contributed by atoms with E-state index in [1.165, 1.54) is 5.56 Å². The molecule has 0 atom stereocenters. The molecule has 3 N–H and O–H groups in total. The van der Waals surface area contributed by atoms with E-state index in [0.29, 0.717) is 18.1 Å². The molecule has 0 aliphatic heterocycles. The van der Waals surface area contributed by atoms with E-state index in [-0.39, 0.29) is 0 Å². The van der Waals surface area contributed by atoms with Crippen LogP contribution in [0.4, 0.5) is 5.82 Å². The van der Waals surface area contributed by atoms with Crippen LogP contribution in [-0.4, -0.2) is 4.98 Å². The van der Waals surface area contributed by atoms with E-state index < -0.39 is 0 Å². The number of hydrogen-bond donors (Lipinski definition) is 2. The van der Waals surface area contributed by atoms with Gasteiger partial charge in [-0.25, -0.2) is 4.98 Å². The van der Waals surface area contributed by atoms with Gasteiger partial charge in [0.2, 0.25) is 0 Å². The summed E-state index contributed by atoms with van der Waals surface area (Å²) in [6.07, 6.45) is 1.62. The van der Waals surface area contributed by atoms with E-state index in [0.717, 1.165) is 11.4 Å². The highest BCUT2D eigenvalue weighted by Crippen LogP contribution is 2.13. The van der Waals surface area contributed by atoms with Crippen molar-refractivity contribution in [1.82, 2.24) is 4.98 Å². The zero-order valence-corrected chi connectivity index (χ0v) is 10.1. The van der Waals surface area contributed by atoms with E-state index in [1.807, 2.05) is 30.3 Å². The normalized spacial score (nSPS) is 10.2. The van der Waals surface area contributed by atoms with Crippen LogP contribution >= 0.6 is 11.6 Å². The van der Waals surface area contributed by atoms with Crippen LogP contribution in [-0.2, 0) is 13.1 Å². The van der Waals surface area contributed by atoms with Crippen LogP contribution in [0.3, 0.4) is 0 Å². The third kappa shape index (κ3) is 3.19. The summed E-state index contributed by atoms with van der Waals surface area (Å²) < 4.78 is 0. The van der Waals surface area contributed by atoms with Gasteiger partial charge in [-0.05, 0) is 23.3 Å². The summed E-state index contributed by atoms with van der Waals surface area (Å²) in [5.41, 5.74) is 8.01. The highest BCUT2D eigenvalue weighted by atomic mass is 35.5. The molecule has 2 aromatic rings. The molecule has 0 aliphatic carbocycles. The van der Waals surface area contributed by atoms with Crippen molar-refractivity contribution in [3.05, 3.63) is 58.7 Å². The fraction of sp³-hybridized carbons (Fsp3) is 0.154. The molecule has 0 spiro atoms. The van der Waals surface area contributed by atoms with E-state index in [4.69, 9.17) is 17.3 Å². The first-order valence-corrected chi connectivity index (χ1v) is 5.79. The maximum absolute atomic E-state index is 5.77. The summed E-state index contributed by atoms with van der Waals surface area (Å²) in [6, 6.07) is 11.8. The summed E-state index contributed by atoms with van der Waals surface area (Å²) >= 11 is 5.77. The van der Waals surface area contributed by atoms with Crippen LogP contribution in [0.25, 0.3) is 0 Å². The van der Waals surface area contributed by atoms with E-state index in [1.54, 1.807) is 6.20 Å². The third-order valence-corrected chi connectivity index (χ3v) is 2.75. The number of nitrogens with two attached hydrogens (primary N) is 1. The Labute approximate surface area is 106 Å². The Hall–Kier alpha value is -1.58. The molecule has 0 saturated carbocycles. The van der Waals surface area contributed by atoms with E-state index in [2.05, 4.69) is 16.4 Å². The molecule has 0 bridgehead atoms. The fourth-order valence-electron chi connectivity index (χ4n) is 1.60. The van der Waals surface area contributed by atoms with Crippen LogP contribution < -0.4 is 11.1 Å². The topological polar surface area (TPSA) is 50.9 Å². The van der Waals surface area contributed by atoms with Gasteiger partial charge >= 0.3 is 0 Å². The Morgan fingerprint density at radius 2 is 1.88 bits per heavy atom. The summed E-state index contributed by atoms with van der Waals surface area (Å²) in [5.74, 6) is 0.807. The molecular weight excluding hydrogens is 234 g/mol. The zero-order valence-electron chi connectivity index (χ0n) is 9.36. The lowest BCUT2D eigenvalue weighted by Crippen LogP contribution is -2.06. The van der Waals surface area contributed by atoms with Crippen molar-refractivity contribution >= 4 is 17.4 Å². The second-order valence-electron chi connectivity index (χ2n) is 3.69. The lowest BCUT2D eigenvalue weighted by Gasteiger charge is -2.09. The Morgan fingerprint density at radius 3 is 2.53 bits per heavy atom. The summed E-state index contributed by atoms with van der Waals surface area (Å²) in [6.45, 7) is 1.26. The van der Waals surface area contributed by atoms with Gasteiger partial charge in [0.15, 0.2) is 0 Å². The minimum atomic E-state index is 0.548. The number of benzene rings is 1. The largest absolute Gasteiger partial charge is 0.366 e. The first-order valence-electron chi connectivity index (χ1n) is 5.42. The van der Waals surface area contributed by atoms with E-state index >= 15 is 0 Å². The number of rotatable bonds is 4. The first-order chi connectivity index (χ1) is 8.29. The van der Waals surface area contributed by atoms with Gasteiger partial charge in [-0.15, -0.1) is 0 Å². The zero-order chi connectivity index (χ0) is 12.1. The molecule has 0 radical (unpaired) electrons. The minimum Gasteiger partial charge on any atom is -0.366 e. The summed E-state index contributed by atoms with van der Waals surface area (Å²) in [5, 5.41) is 3.87. The molecule has 1 aromatic heterocycles. The molecule has 17 heavy (non-hydrogen) atoms. The number of anilines is 1. The van der Waals surface area contributed by atoms with Gasteiger partial charge in [-0.1, -0.05) is 35.9 Å². The van der Waals surface area contributed by atoms with Gasteiger partial charge in [0.05, 0.1) is 5.02 Å². The monoisotopic (exact) mass is 247 g/mol. The SMILES string of the molecule is NCc1ccccc1CNc1ccc(Cl)cn1. The molecule has 0 fully saturated rings. The average molecular weight is 248 g/mol. The summed E-state index contributed by atoms with van der Waals surface area (Å²) in [4.78, 5) is 4.17. The standard InChI is InChI=1S/C13H14ClN3/c14-12-5-6-13(17-9-12)16-8-11-4-2-1-3-10(11)7-15/h1-6,9H,7-8,15H2,(H,16,17). The molecule has 1 aromatic carbocycles. The highest BCUT2D eigenvalue weighted by Gasteiger charge is 2.00. The minimum absolute atomic E-state index is 0.548. The van der Waals surface area contributed by atoms with Gasteiger partial charge in [-0.3, -0.25) is 0 Å². The van der Waals surface area contributed by atoms with Crippen molar-refractivity contribution in [2.75, 3.05) is 5.32 Å². The molecule has 4 heteroatoms. The molecule has 2 rings (SSSR count). The number of hydrogen-bond acceptors (Lipinski definition) is 3. The second kappa shape index (κ2) is 5.66. The number of nitrogens with zero attached hydrogens (tertiary/aromatic N) is 1. The van der Waals surface area contributed by atoms with Crippen molar-refractivity contribution in [2.45, 2.75) is 13.1 Å². The lowest BCUT2D eigenvalue weighted by atomic mass is 10.1. The van der Waals surface area contributed by atoms with Crippen molar-refractivity contribution in [1.29, 1.82) is 0 Å². The lowest BCUT2D eigenvalue weighted by molar-refractivity contribution is 1.00. The van der Waals surface area contributed by atoms with Gasteiger partial charge < -0.3 is 11.1 Å². The van der Waals surface area contributed by atoms with Crippen LogP contribution in [0.1, 0.15) is 11.1 Å². The molecular formula is C13H14ClN3. The number of nitrogens with one attached hydrogen (secondary N) is 1. The molecule has 3 nitrogen and oxygen atoms in total. The van der Waals surface area contributed by atoms with Crippen LogP contribution in [0.15, 0.2) is 42.6 Å². The van der Waals surface area contributed by atoms with Crippen molar-refractivity contribution < 1.29 is 0 Å². The van der Waals surface area contributed by atoms with Gasteiger partial charge in [0.1, 0.15) is 5.82 Å². The predicted molar refractivity (Wildman–Crippen MR) is 70.9 cm³/mol. The third-order valence-electron chi connectivity index (χ3n) is 2.53. The predicted octanol–water partition coefficient (Wildman–Crippen LogP) is 2.81. The van der Waals surface area contributed by atoms with Crippen LogP contribution in [0.5, 0.6) is 0 Å². The van der Waals surface area contributed by atoms with Gasteiger partial charge in [0, 0.05) is 19.3 Å². The second-order valence-corrected chi connectivity index (χ2v) is 4.12. The molecule has 0 saturated heterocycles. The quantitative estimate of drug-likeness (QED) is 0.874. The van der Waals surface area contributed by atoms with Crippen molar-refractivity contribution in [2.24, 2.45) is 5.73 Å². The Kier molecular flexibility index (Phi) is 3.96. The molecule has 0 unspecified atom stereocenters. The maximum atomic E-state index is 5.77. The highest BCUT2D eigenvalue weighted by molar-refractivity contribution is 6.30. The number of aromatic nitrogens is 1. The number of halogens is 1. The molecule has 1 heterocycles. The van der Waals surface area contributed by atoms with Crippen molar-refractivity contribution in [3.8, 4) is 0 Å². The Balaban J connectivity index is 2.04. The Morgan fingerprint density at radius 1 is 1.12 bits per heavy atom. The van der Waals surface area contributed by atoms with E-state index in [9.17, 15) is 0 Å². The molecule has 0 amide bonds. The van der Waals surface area contributed by atoms with Crippen molar-refractivity contribution in [3.63, 3.8) is 0 Å². The molecule has 0 aliphatic rings. The smallest absolute Gasteiger partial charge is 0.126 e. The molecule has 88 valence electrons. The number of pyridine rings is 1. The van der Waals surface area contributed by atoms with Crippen LogP contribution in [0.2, 0.25) is 5.02 Å².